The van der Waals surface area contributed by atoms with E-state index in [-0.39, 0.29) is 10.6 Å². The van der Waals surface area contributed by atoms with E-state index in [1.54, 1.807) is 6.07 Å². The highest BCUT2D eigenvalue weighted by atomic mass is 32.2. The average Bonchev–Trinajstić information content (AvgIpc) is 2.28. The van der Waals surface area contributed by atoms with Crippen molar-refractivity contribution in [3.63, 3.8) is 0 Å². The van der Waals surface area contributed by atoms with Crippen molar-refractivity contribution in [1.29, 1.82) is 0 Å². The average molecular weight is 244 g/mol. The molecule has 0 unspecified atom stereocenters. The third kappa shape index (κ3) is 2.12. The maximum atomic E-state index is 11.7. The highest BCUT2D eigenvalue weighted by molar-refractivity contribution is 7.91. The standard InChI is InChI=1S/C10H12O5S/c11-3-6-16(12,13)8-1-2-9-10(7-8)15-5-4-14-9/h1-2,7,11H,3-6H2. The van der Waals surface area contributed by atoms with Crippen LogP contribution in [-0.4, -0.2) is 39.1 Å². The zero-order valence-corrected chi connectivity index (χ0v) is 9.37. The zero-order chi connectivity index (χ0) is 11.6. The molecule has 1 heterocycles. The van der Waals surface area contributed by atoms with Crippen LogP contribution in [0.15, 0.2) is 23.1 Å². The second-order valence-electron chi connectivity index (χ2n) is 3.35. The third-order valence-electron chi connectivity index (χ3n) is 2.23. The molecule has 16 heavy (non-hydrogen) atoms. The molecule has 5 nitrogen and oxygen atoms in total. The van der Waals surface area contributed by atoms with Crippen molar-refractivity contribution < 1.29 is 23.0 Å². The van der Waals surface area contributed by atoms with E-state index >= 15 is 0 Å². The van der Waals surface area contributed by atoms with Gasteiger partial charge in [-0.1, -0.05) is 0 Å². The van der Waals surface area contributed by atoms with Crippen LogP contribution >= 0.6 is 0 Å². The molecule has 1 N–H and O–H groups in total. The summed E-state index contributed by atoms with van der Waals surface area (Å²) in [5, 5.41) is 8.67. The van der Waals surface area contributed by atoms with Gasteiger partial charge in [0.2, 0.25) is 0 Å². The summed E-state index contributed by atoms with van der Waals surface area (Å²) in [4.78, 5) is 0.144. The van der Waals surface area contributed by atoms with Gasteiger partial charge in [-0.15, -0.1) is 0 Å². The minimum Gasteiger partial charge on any atom is -0.486 e. The van der Waals surface area contributed by atoms with Crippen LogP contribution < -0.4 is 9.47 Å². The summed E-state index contributed by atoms with van der Waals surface area (Å²) in [5.41, 5.74) is 0. The highest BCUT2D eigenvalue weighted by Gasteiger charge is 2.18. The lowest BCUT2D eigenvalue weighted by Gasteiger charge is -2.18. The van der Waals surface area contributed by atoms with Gasteiger partial charge in [0.15, 0.2) is 21.3 Å². The summed E-state index contributed by atoms with van der Waals surface area (Å²) in [6, 6.07) is 4.46. The van der Waals surface area contributed by atoms with E-state index in [2.05, 4.69) is 0 Å². The van der Waals surface area contributed by atoms with Crippen LogP contribution in [0.1, 0.15) is 0 Å². The summed E-state index contributed by atoms with van der Waals surface area (Å²) in [6.07, 6.45) is 0. The normalized spacial score (nSPS) is 14.8. The van der Waals surface area contributed by atoms with Crippen molar-refractivity contribution in [2.45, 2.75) is 4.90 Å². The van der Waals surface area contributed by atoms with Crippen molar-refractivity contribution in [2.24, 2.45) is 0 Å². The molecule has 1 aliphatic rings. The molecule has 2 rings (SSSR count). The molecule has 0 aliphatic carbocycles. The molecule has 88 valence electrons. The van der Waals surface area contributed by atoms with E-state index in [9.17, 15) is 8.42 Å². The van der Waals surface area contributed by atoms with Crippen LogP contribution in [0.5, 0.6) is 11.5 Å². The Kier molecular flexibility index (Phi) is 3.02. The van der Waals surface area contributed by atoms with E-state index < -0.39 is 16.4 Å². The molecule has 0 spiro atoms. The summed E-state index contributed by atoms with van der Waals surface area (Å²) in [5.74, 6) is 0.701. The second kappa shape index (κ2) is 4.31. The first-order valence-electron chi connectivity index (χ1n) is 4.87. The fourth-order valence-electron chi connectivity index (χ4n) is 1.46. The second-order valence-corrected chi connectivity index (χ2v) is 5.46. The van der Waals surface area contributed by atoms with Gasteiger partial charge in [-0.3, -0.25) is 0 Å². The molecule has 0 saturated carbocycles. The predicted octanol–water partition coefficient (Wildman–Crippen LogP) is 0.224. The maximum Gasteiger partial charge on any atom is 0.180 e. The van der Waals surface area contributed by atoms with Crippen molar-refractivity contribution in [1.82, 2.24) is 0 Å². The lowest BCUT2D eigenvalue weighted by molar-refractivity contribution is 0.171. The van der Waals surface area contributed by atoms with E-state index in [4.69, 9.17) is 14.6 Å². The van der Waals surface area contributed by atoms with Gasteiger partial charge in [0.1, 0.15) is 13.2 Å². The number of benzene rings is 1. The molecule has 0 fully saturated rings. The Balaban J connectivity index is 2.37. The van der Waals surface area contributed by atoms with Crippen LogP contribution in [0.25, 0.3) is 0 Å². The molecular weight excluding hydrogens is 232 g/mol. The fourth-order valence-corrected chi connectivity index (χ4v) is 2.49. The molecule has 1 aromatic rings. The Morgan fingerprint density at radius 3 is 2.56 bits per heavy atom. The number of sulfone groups is 1. The lowest BCUT2D eigenvalue weighted by Crippen LogP contribution is -2.16. The van der Waals surface area contributed by atoms with Crippen LogP contribution in [-0.2, 0) is 9.84 Å². The Hall–Kier alpha value is -1.27. The van der Waals surface area contributed by atoms with Gasteiger partial charge >= 0.3 is 0 Å². The summed E-state index contributed by atoms with van der Waals surface area (Å²) in [6.45, 7) is 0.489. The number of aliphatic hydroxyl groups is 1. The van der Waals surface area contributed by atoms with E-state index in [1.807, 2.05) is 0 Å². The Morgan fingerprint density at radius 1 is 1.19 bits per heavy atom. The molecule has 6 heteroatoms. The molecule has 0 amide bonds. The molecule has 0 saturated heterocycles. The smallest absolute Gasteiger partial charge is 0.180 e. The molecule has 0 atom stereocenters. The number of fused-ring (bicyclic) bond motifs is 1. The van der Waals surface area contributed by atoms with Gasteiger partial charge in [0, 0.05) is 6.07 Å². The lowest BCUT2D eigenvalue weighted by atomic mass is 10.3. The van der Waals surface area contributed by atoms with Crippen molar-refractivity contribution in [3.05, 3.63) is 18.2 Å². The van der Waals surface area contributed by atoms with Crippen LogP contribution in [0.4, 0.5) is 0 Å². The monoisotopic (exact) mass is 244 g/mol. The van der Waals surface area contributed by atoms with Crippen LogP contribution in [0.3, 0.4) is 0 Å². The van der Waals surface area contributed by atoms with Crippen LogP contribution in [0, 0.1) is 0 Å². The van der Waals surface area contributed by atoms with Crippen molar-refractivity contribution >= 4 is 9.84 Å². The highest BCUT2D eigenvalue weighted by Crippen LogP contribution is 2.32. The van der Waals surface area contributed by atoms with Gasteiger partial charge in [-0.05, 0) is 12.1 Å². The Labute approximate surface area is 93.5 Å². The third-order valence-corrected chi connectivity index (χ3v) is 3.92. The largest absolute Gasteiger partial charge is 0.486 e. The number of rotatable bonds is 3. The molecule has 0 bridgehead atoms. The number of aliphatic hydroxyl groups excluding tert-OH is 1. The van der Waals surface area contributed by atoms with Crippen molar-refractivity contribution in [3.8, 4) is 11.5 Å². The quantitative estimate of drug-likeness (QED) is 0.823. The van der Waals surface area contributed by atoms with Gasteiger partial charge < -0.3 is 14.6 Å². The molecular formula is C10H12O5S. The molecule has 0 aromatic heterocycles. The first-order valence-corrected chi connectivity index (χ1v) is 6.52. The molecule has 1 aromatic carbocycles. The minimum atomic E-state index is -3.43. The van der Waals surface area contributed by atoms with E-state index in [0.29, 0.717) is 24.7 Å². The number of ether oxygens (including phenoxy) is 2. The molecule has 1 aliphatic heterocycles. The first kappa shape index (κ1) is 11.2. The summed E-state index contributed by atoms with van der Waals surface area (Å²) >= 11 is 0. The first-order chi connectivity index (χ1) is 7.63. The summed E-state index contributed by atoms with van der Waals surface area (Å²) in [7, 11) is -3.43. The van der Waals surface area contributed by atoms with E-state index in [1.165, 1.54) is 12.1 Å². The van der Waals surface area contributed by atoms with Gasteiger partial charge in [0.05, 0.1) is 17.3 Å². The Bertz CT molecular complexity index is 480. The number of hydrogen-bond donors (Lipinski definition) is 1. The minimum absolute atomic E-state index is 0.144. The van der Waals surface area contributed by atoms with E-state index in [0.717, 1.165) is 0 Å². The van der Waals surface area contributed by atoms with Gasteiger partial charge in [-0.25, -0.2) is 8.42 Å². The SMILES string of the molecule is O=S(=O)(CCO)c1ccc2c(c1)OCCO2. The van der Waals surface area contributed by atoms with Crippen LogP contribution in [0.2, 0.25) is 0 Å². The van der Waals surface area contributed by atoms with Gasteiger partial charge in [-0.2, -0.15) is 0 Å². The van der Waals surface area contributed by atoms with Gasteiger partial charge in [0.25, 0.3) is 0 Å². The predicted molar refractivity (Wildman–Crippen MR) is 56.6 cm³/mol. The zero-order valence-electron chi connectivity index (χ0n) is 8.55. The topological polar surface area (TPSA) is 72.8 Å². The van der Waals surface area contributed by atoms with Crippen molar-refractivity contribution in [2.75, 3.05) is 25.6 Å². The fraction of sp³-hybridized carbons (Fsp3) is 0.400. The maximum absolute atomic E-state index is 11.7. The number of hydrogen-bond acceptors (Lipinski definition) is 5. The Morgan fingerprint density at radius 2 is 1.88 bits per heavy atom. The molecule has 0 radical (unpaired) electrons. The summed E-state index contributed by atoms with van der Waals surface area (Å²) < 4.78 is 33.9.